The Morgan fingerprint density at radius 3 is 2.57 bits per heavy atom. The van der Waals surface area contributed by atoms with Gasteiger partial charge in [0.2, 0.25) is 11.8 Å². The van der Waals surface area contributed by atoms with E-state index >= 15 is 0 Å². The van der Waals surface area contributed by atoms with E-state index in [1.165, 1.54) is 24.4 Å². The van der Waals surface area contributed by atoms with Crippen LogP contribution in [0.2, 0.25) is 0 Å². The van der Waals surface area contributed by atoms with E-state index < -0.39 is 17.3 Å². The van der Waals surface area contributed by atoms with Gasteiger partial charge in [-0.2, -0.15) is 13.2 Å². The largest absolute Gasteiger partial charge is 0.478 e. The third kappa shape index (κ3) is 7.88. The summed E-state index contributed by atoms with van der Waals surface area (Å²) in [7, 11) is 0. The van der Waals surface area contributed by atoms with Gasteiger partial charge in [0.05, 0.1) is 17.9 Å². The Bertz CT molecular complexity index is 1260. The van der Waals surface area contributed by atoms with Crippen LogP contribution in [0.4, 0.5) is 13.2 Å². The van der Waals surface area contributed by atoms with Crippen molar-refractivity contribution in [3.63, 3.8) is 0 Å². The molecule has 8 nitrogen and oxygen atoms in total. The Balaban J connectivity index is 1.90. The highest BCUT2D eigenvalue weighted by atomic mass is 19.4. The number of hydrogen-bond donors (Lipinski definition) is 2. The lowest BCUT2D eigenvalue weighted by Crippen LogP contribution is -2.27. The molecule has 0 saturated heterocycles. The summed E-state index contributed by atoms with van der Waals surface area (Å²) in [6.45, 7) is 6.97. The van der Waals surface area contributed by atoms with Crippen molar-refractivity contribution in [1.29, 1.82) is 0 Å². The summed E-state index contributed by atoms with van der Waals surface area (Å²) in [6.07, 6.45) is -2.56. The number of H-pyrrole nitrogens is 1. The van der Waals surface area contributed by atoms with Gasteiger partial charge in [0.15, 0.2) is 0 Å². The number of halogens is 3. The van der Waals surface area contributed by atoms with Crippen molar-refractivity contribution in [2.24, 2.45) is 5.92 Å². The van der Waals surface area contributed by atoms with Crippen LogP contribution in [0, 0.1) is 5.92 Å². The maximum atomic E-state index is 13.8. The summed E-state index contributed by atoms with van der Waals surface area (Å²) in [6, 6.07) is 7.87. The van der Waals surface area contributed by atoms with E-state index in [1.54, 1.807) is 26.0 Å². The summed E-state index contributed by atoms with van der Waals surface area (Å²) < 4.78 is 52.2. The van der Waals surface area contributed by atoms with E-state index in [1.807, 2.05) is 6.92 Å². The molecule has 0 atom stereocenters. The normalized spacial score (nSPS) is 11.5. The van der Waals surface area contributed by atoms with Crippen LogP contribution < -0.4 is 15.6 Å². The highest BCUT2D eigenvalue weighted by Gasteiger charge is 2.34. The van der Waals surface area contributed by atoms with Crippen LogP contribution in [0.15, 0.2) is 47.4 Å². The molecule has 0 unspecified atom stereocenters. The molecule has 2 heterocycles. The zero-order chi connectivity index (χ0) is 27.0. The first-order chi connectivity index (χ1) is 17.6. The second kappa shape index (κ2) is 12.5. The number of pyridine rings is 1. The molecule has 0 saturated carbocycles. The summed E-state index contributed by atoms with van der Waals surface area (Å²) in [5.41, 5.74) is -0.866. The SMILES string of the molecule is CCOCCCOc1ccc(-c2cc(=O)[nH]c(-c3cc(CNC(=O)C(C)C)ccc3C(F)(F)F)n2)cn1. The molecule has 11 heteroatoms. The van der Waals surface area contributed by atoms with E-state index in [2.05, 4.69) is 20.3 Å². The van der Waals surface area contributed by atoms with Crippen molar-refractivity contribution in [3.8, 4) is 28.5 Å². The zero-order valence-corrected chi connectivity index (χ0v) is 20.8. The topological polar surface area (TPSA) is 106 Å². The van der Waals surface area contributed by atoms with Crippen LogP contribution in [0.1, 0.15) is 38.3 Å². The number of carbonyl (C=O) groups excluding carboxylic acids is 1. The van der Waals surface area contributed by atoms with Crippen molar-refractivity contribution < 1.29 is 27.4 Å². The Morgan fingerprint density at radius 1 is 1.14 bits per heavy atom. The smallest absolute Gasteiger partial charge is 0.417 e. The Hall–Kier alpha value is -3.73. The van der Waals surface area contributed by atoms with Crippen LogP contribution in [-0.2, 0) is 22.3 Å². The van der Waals surface area contributed by atoms with Crippen molar-refractivity contribution in [2.75, 3.05) is 19.8 Å². The maximum absolute atomic E-state index is 13.8. The Labute approximate surface area is 212 Å². The first-order valence-corrected chi connectivity index (χ1v) is 11.8. The maximum Gasteiger partial charge on any atom is 0.417 e. The van der Waals surface area contributed by atoms with Crippen molar-refractivity contribution in [3.05, 3.63) is 64.1 Å². The molecule has 0 fully saturated rings. The summed E-state index contributed by atoms with van der Waals surface area (Å²) in [4.78, 5) is 35.2. The number of carbonyl (C=O) groups is 1. The molecule has 0 radical (unpaired) electrons. The van der Waals surface area contributed by atoms with E-state index in [0.717, 1.165) is 6.07 Å². The molecular weight excluding hydrogens is 489 g/mol. The standard InChI is InChI=1S/C26H29F3N4O4/c1-4-36-10-5-11-37-23-9-7-18(15-30-23)21-13-22(34)33-24(32-21)19-12-17(14-31-25(35)16(2)3)6-8-20(19)26(27,28)29/h6-9,12-13,15-16H,4-5,10-11,14H2,1-3H3,(H,31,35)(H,32,33,34). The Morgan fingerprint density at radius 2 is 1.92 bits per heavy atom. The quantitative estimate of drug-likeness (QED) is 0.360. The fourth-order valence-electron chi connectivity index (χ4n) is 3.37. The second-order valence-corrected chi connectivity index (χ2v) is 8.51. The molecule has 37 heavy (non-hydrogen) atoms. The number of aromatic amines is 1. The fourth-order valence-corrected chi connectivity index (χ4v) is 3.37. The second-order valence-electron chi connectivity index (χ2n) is 8.51. The van der Waals surface area contributed by atoms with E-state index in [-0.39, 0.29) is 35.5 Å². The van der Waals surface area contributed by atoms with Crippen LogP contribution in [-0.4, -0.2) is 40.7 Å². The molecule has 0 aliphatic rings. The first-order valence-electron chi connectivity index (χ1n) is 11.8. The highest BCUT2D eigenvalue weighted by molar-refractivity contribution is 5.78. The third-order valence-electron chi connectivity index (χ3n) is 5.30. The molecule has 3 aromatic rings. The number of nitrogens with zero attached hydrogens (tertiary/aromatic N) is 2. The van der Waals surface area contributed by atoms with Gasteiger partial charge in [0, 0.05) is 61.6 Å². The molecule has 0 spiro atoms. The summed E-state index contributed by atoms with van der Waals surface area (Å²) in [5, 5.41) is 2.67. The van der Waals surface area contributed by atoms with Crippen molar-refractivity contribution >= 4 is 5.91 Å². The van der Waals surface area contributed by atoms with Crippen molar-refractivity contribution in [2.45, 2.75) is 39.9 Å². The molecular formula is C26H29F3N4O4. The number of hydrogen-bond acceptors (Lipinski definition) is 6. The summed E-state index contributed by atoms with van der Waals surface area (Å²) >= 11 is 0. The van der Waals surface area contributed by atoms with Gasteiger partial charge < -0.3 is 19.8 Å². The number of nitrogens with one attached hydrogen (secondary N) is 2. The van der Waals surface area contributed by atoms with Gasteiger partial charge in [0.1, 0.15) is 5.82 Å². The first kappa shape index (κ1) is 27.9. The molecule has 0 aliphatic heterocycles. The minimum absolute atomic E-state index is 0.0298. The van der Waals surface area contributed by atoms with Crippen LogP contribution in [0.25, 0.3) is 22.6 Å². The molecule has 2 aromatic heterocycles. The van der Waals surface area contributed by atoms with E-state index in [4.69, 9.17) is 9.47 Å². The fraction of sp³-hybridized carbons (Fsp3) is 0.385. The lowest BCUT2D eigenvalue weighted by Gasteiger charge is -2.15. The van der Waals surface area contributed by atoms with Gasteiger partial charge in [0.25, 0.3) is 5.56 Å². The van der Waals surface area contributed by atoms with Crippen LogP contribution in [0.5, 0.6) is 5.88 Å². The number of ether oxygens (including phenoxy) is 2. The minimum atomic E-state index is -4.69. The molecule has 1 aromatic carbocycles. The van der Waals surface area contributed by atoms with Gasteiger partial charge in [-0.1, -0.05) is 19.9 Å². The molecule has 198 valence electrons. The van der Waals surface area contributed by atoms with Gasteiger partial charge in [-0.3, -0.25) is 9.59 Å². The zero-order valence-electron chi connectivity index (χ0n) is 20.8. The molecule has 3 rings (SSSR count). The van der Waals surface area contributed by atoms with Crippen LogP contribution in [0.3, 0.4) is 0 Å². The van der Waals surface area contributed by atoms with Gasteiger partial charge in [-0.05, 0) is 30.7 Å². The predicted molar refractivity (Wildman–Crippen MR) is 132 cm³/mol. The number of aromatic nitrogens is 3. The van der Waals surface area contributed by atoms with E-state index in [0.29, 0.717) is 43.2 Å². The van der Waals surface area contributed by atoms with Gasteiger partial charge >= 0.3 is 6.18 Å². The molecule has 0 aliphatic carbocycles. The lowest BCUT2D eigenvalue weighted by atomic mass is 10.0. The van der Waals surface area contributed by atoms with Gasteiger partial charge in [-0.25, -0.2) is 9.97 Å². The molecule has 0 bridgehead atoms. The third-order valence-corrected chi connectivity index (χ3v) is 5.30. The molecule has 2 N–H and O–H groups in total. The average molecular weight is 519 g/mol. The van der Waals surface area contributed by atoms with E-state index in [9.17, 15) is 22.8 Å². The number of alkyl halides is 3. The highest BCUT2D eigenvalue weighted by Crippen LogP contribution is 2.36. The van der Waals surface area contributed by atoms with Crippen LogP contribution >= 0.6 is 0 Å². The monoisotopic (exact) mass is 518 g/mol. The van der Waals surface area contributed by atoms with Gasteiger partial charge in [-0.15, -0.1) is 0 Å². The predicted octanol–water partition coefficient (Wildman–Crippen LogP) is 4.60. The average Bonchev–Trinajstić information content (AvgIpc) is 2.86. The number of benzene rings is 1. The number of amides is 1. The minimum Gasteiger partial charge on any atom is -0.478 e. The summed E-state index contributed by atoms with van der Waals surface area (Å²) in [5.74, 6) is -0.391. The number of rotatable bonds is 11. The molecule has 1 amide bonds. The Kier molecular flexibility index (Phi) is 9.40. The van der Waals surface area contributed by atoms with Crippen molar-refractivity contribution in [1.82, 2.24) is 20.3 Å². The lowest BCUT2D eigenvalue weighted by molar-refractivity contribution is -0.137.